The standard InChI is InChI=1S/C10H9NOS2/c1-6-4-13-5-8(6)10-11-3-9(14-10)7(2)12/h3-5H,1-2H3. The van der Waals surface area contributed by atoms with Gasteiger partial charge in [0.15, 0.2) is 5.78 Å². The minimum absolute atomic E-state index is 0.0848. The van der Waals surface area contributed by atoms with Gasteiger partial charge in [-0.15, -0.1) is 11.3 Å². The Labute approximate surface area is 90.2 Å². The molecule has 72 valence electrons. The molecule has 2 aromatic heterocycles. The summed E-state index contributed by atoms with van der Waals surface area (Å²) in [6.07, 6.45) is 1.65. The molecule has 4 heteroatoms. The number of aryl methyl sites for hydroxylation is 1. The molecule has 0 saturated heterocycles. The smallest absolute Gasteiger partial charge is 0.171 e. The lowest BCUT2D eigenvalue weighted by Crippen LogP contribution is -1.83. The fourth-order valence-corrected chi connectivity index (χ4v) is 2.94. The number of ketones is 1. The number of nitrogens with zero attached hydrogens (tertiary/aromatic N) is 1. The molecule has 0 saturated carbocycles. The fraction of sp³-hybridized carbons (Fsp3) is 0.200. The SMILES string of the molecule is CC(=O)c1cnc(-c2cscc2C)s1. The summed E-state index contributed by atoms with van der Waals surface area (Å²) in [5, 5.41) is 5.09. The van der Waals surface area contributed by atoms with Gasteiger partial charge in [0.05, 0.1) is 4.88 Å². The Bertz CT molecular complexity index is 470. The van der Waals surface area contributed by atoms with Crippen molar-refractivity contribution in [3.8, 4) is 10.6 Å². The van der Waals surface area contributed by atoms with E-state index >= 15 is 0 Å². The van der Waals surface area contributed by atoms with Crippen LogP contribution < -0.4 is 0 Å². The Hall–Kier alpha value is -1.00. The van der Waals surface area contributed by atoms with Gasteiger partial charge in [-0.3, -0.25) is 4.79 Å². The second kappa shape index (κ2) is 3.63. The molecule has 0 aromatic carbocycles. The maximum absolute atomic E-state index is 11.1. The monoisotopic (exact) mass is 223 g/mol. The number of carbonyl (C=O) groups is 1. The zero-order chi connectivity index (χ0) is 10.1. The number of Topliss-reactive ketones (excluding diaryl/α,β-unsaturated/α-hetero) is 1. The highest BCUT2D eigenvalue weighted by Gasteiger charge is 2.09. The van der Waals surface area contributed by atoms with Crippen LogP contribution >= 0.6 is 22.7 Å². The van der Waals surface area contributed by atoms with Crippen molar-refractivity contribution in [2.24, 2.45) is 0 Å². The molecule has 14 heavy (non-hydrogen) atoms. The van der Waals surface area contributed by atoms with Crippen molar-refractivity contribution in [3.63, 3.8) is 0 Å². The first-order chi connectivity index (χ1) is 6.68. The van der Waals surface area contributed by atoms with Crippen LogP contribution in [0.25, 0.3) is 10.6 Å². The summed E-state index contributed by atoms with van der Waals surface area (Å²) in [5.41, 5.74) is 2.37. The molecular formula is C10H9NOS2. The van der Waals surface area contributed by atoms with Gasteiger partial charge in [0.2, 0.25) is 0 Å². The Balaban J connectivity index is 2.43. The molecule has 0 fully saturated rings. The number of aromatic nitrogens is 1. The highest BCUT2D eigenvalue weighted by atomic mass is 32.1. The number of thiazole rings is 1. The fourth-order valence-electron chi connectivity index (χ4n) is 1.14. The summed E-state index contributed by atoms with van der Waals surface area (Å²) >= 11 is 3.12. The topological polar surface area (TPSA) is 30.0 Å². The molecule has 0 spiro atoms. The van der Waals surface area contributed by atoms with Gasteiger partial charge in [-0.25, -0.2) is 4.98 Å². The van der Waals surface area contributed by atoms with Gasteiger partial charge in [0.25, 0.3) is 0 Å². The maximum atomic E-state index is 11.1. The van der Waals surface area contributed by atoms with E-state index in [-0.39, 0.29) is 5.78 Å². The Morgan fingerprint density at radius 2 is 2.21 bits per heavy atom. The molecule has 2 nitrogen and oxygen atoms in total. The minimum Gasteiger partial charge on any atom is -0.294 e. The maximum Gasteiger partial charge on any atom is 0.171 e. The Kier molecular flexibility index (Phi) is 2.48. The van der Waals surface area contributed by atoms with E-state index < -0.39 is 0 Å². The number of carbonyl (C=O) groups excluding carboxylic acids is 1. The van der Waals surface area contributed by atoms with E-state index in [1.165, 1.54) is 16.9 Å². The van der Waals surface area contributed by atoms with Crippen LogP contribution in [0.1, 0.15) is 22.2 Å². The quantitative estimate of drug-likeness (QED) is 0.730. The van der Waals surface area contributed by atoms with Crippen molar-refractivity contribution in [2.45, 2.75) is 13.8 Å². The lowest BCUT2D eigenvalue weighted by molar-refractivity contribution is 0.102. The third-order valence-corrected chi connectivity index (χ3v) is 3.93. The van der Waals surface area contributed by atoms with E-state index in [0.29, 0.717) is 0 Å². The first-order valence-electron chi connectivity index (χ1n) is 4.18. The van der Waals surface area contributed by atoms with E-state index in [1.54, 1.807) is 24.5 Å². The van der Waals surface area contributed by atoms with E-state index in [4.69, 9.17) is 0 Å². The summed E-state index contributed by atoms with van der Waals surface area (Å²) in [6, 6.07) is 0. The van der Waals surface area contributed by atoms with Gasteiger partial charge in [0, 0.05) is 24.1 Å². The zero-order valence-electron chi connectivity index (χ0n) is 7.90. The zero-order valence-corrected chi connectivity index (χ0v) is 9.54. The molecule has 0 aliphatic heterocycles. The van der Waals surface area contributed by atoms with Gasteiger partial charge < -0.3 is 0 Å². The predicted molar refractivity (Wildman–Crippen MR) is 60.2 cm³/mol. The third kappa shape index (κ3) is 1.63. The van der Waals surface area contributed by atoms with E-state index in [2.05, 4.69) is 22.7 Å². The molecule has 0 bridgehead atoms. The van der Waals surface area contributed by atoms with E-state index in [1.807, 2.05) is 0 Å². The summed E-state index contributed by atoms with van der Waals surface area (Å²) < 4.78 is 0. The lowest BCUT2D eigenvalue weighted by atomic mass is 10.2. The van der Waals surface area contributed by atoms with Gasteiger partial charge >= 0.3 is 0 Å². The van der Waals surface area contributed by atoms with Crippen LogP contribution in [0.3, 0.4) is 0 Å². The number of hydrogen-bond acceptors (Lipinski definition) is 4. The van der Waals surface area contributed by atoms with Crippen molar-refractivity contribution < 1.29 is 4.79 Å². The molecule has 0 unspecified atom stereocenters. The van der Waals surface area contributed by atoms with Crippen molar-refractivity contribution in [3.05, 3.63) is 27.4 Å². The van der Waals surface area contributed by atoms with Gasteiger partial charge in [-0.2, -0.15) is 11.3 Å². The van der Waals surface area contributed by atoms with Crippen molar-refractivity contribution >= 4 is 28.5 Å². The van der Waals surface area contributed by atoms with Crippen LogP contribution in [0, 0.1) is 6.92 Å². The first-order valence-corrected chi connectivity index (χ1v) is 5.94. The molecule has 2 rings (SSSR count). The average molecular weight is 223 g/mol. The van der Waals surface area contributed by atoms with Gasteiger partial charge in [-0.1, -0.05) is 0 Å². The third-order valence-electron chi connectivity index (χ3n) is 1.94. The van der Waals surface area contributed by atoms with Crippen molar-refractivity contribution in [1.82, 2.24) is 4.98 Å². The molecule has 0 radical (unpaired) electrons. The molecule has 0 N–H and O–H groups in total. The largest absolute Gasteiger partial charge is 0.294 e. The van der Waals surface area contributed by atoms with Gasteiger partial charge in [0.1, 0.15) is 5.01 Å². The molecule has 0 atom stereocenters. The van der Waals surface area contributed by atoms with E-state index in [9.17, 15) is 4.79 Å². The van der Waals surface area contributed by atoms with Crippen molar-refractivity contribution in [2.75, 3.05) is 0 Å². The highest BCUT2D eigenvalue weighted by Crippen LogP contribution is 2.30. The van der Waals surface area contributed by atoms with Crippen LogP contribution in [0.5, 0.6) is 0 Å². The second-order valence-electron chi connectivity index (χ2n) is 3.05. The number of thiophene rings is 1. The van der Waals surface area contributed by atoms with E-state index in [0.717, 1.165) is 15.4 Å². The lowest BCUT2D eigenvalue weighted by Gasteiger charge is -1.91. The Morgan fingerprint density at radius 3 is 2.71 bits per heavy atom. The molecule has 0 aliphatic rings. The summed E-state index contributed by atoms with van der Waals surface area (Å²) in [4.78, 5) is 16.1. The van der Waals surface area contributed by atoms with Crippen LogP contribution in [0.4, 0.5) is 0 Å². The van der Waals surface area contributed by atoms with Crippen LogP contribution in [-0.2, 0) is 0 Å². The number of rotatable bonds is 2. The highest BCUT2D eigenvalue weighted by molar-refractivity contribution is 7.17. The normalized spacial score (nSPS) is 10.4. The minimum atomic E-state index is 0.0848. The average Bonchev–Trinajstić information content (AvgIpc) is 2.71. The molecule has 0 aliphatic carbocycles. The van der Waals surface area contributed by atoms with Crippen LogP contribution in [-0.4, -0.2) is 10.8 Å². The first kappa shape index (κ1) is 9.55. The second-order valence-corrected chi connectivity index (χ2v) is 4.83. The summed E-state index contributed by atoms with van der Waals surface area (Å²) in [5.74, 6) is 0.0848. The summed E-state index contributed by atoms with van der Waals surface area (Å²) in [7, 11) is 0. The van der Waals surface area contributed by atoms with Gasteiger partial charge in [-0.05, 0) is 17.9 Å². The molecule has 2 aromatic rings. The van der Waals surface area contributed by atoms with Crippen LogP contribution in [0.15, 0.2) is 17.0 Å². The summed E-state index contributed by atoms with van der Waals surface area (Å²) in [6.45, 7) is 3.62. The predicted octanol–water partition coefficient (Wildman–Crippen LogP) is 3.38. The Morgan fingerprint density at radius 1 is 1.43 bits per heavy atom. The number of hydrogen-bond donors (Lipinski definition) is 0. The van der Waals surface area contributed by atoms with Crippen LogP contribution in [0.2, 0.25) is 0 Å². The van der Waals surface area contributed by atoms with Crippen molar-refractivity contribution in [1.29, 1.82) is 0 Å². The molecular weight excluding hydrogens is 214 g/mol. The molecule has 2 heterocycles. The molecule has 0 amide bonds.